The molecule has 4 heteroatoms. The molecule has 0 atom stereocenters. The second-order valence-corrected chi connectivity index (χ2v) is 6.07. The summed E-state index contributed by atoms with van der Waals surface area (Å²) >= 11 is 0. The Labute approximate surface area is 125 Å². The number of nitrogens with one attached hydrogen (secondary N) is 1. The highest BCUT2D eigenvalue weighted by Gasteiger charge is 2.14. The van der Waals surface area contributed by atoms with Crippen LogP contribution in [0.5, 0.6) is 0 Å². The molecule has 0 unspecified atom stereocenters. The van der Waals surface area contributed by atoms with Crippen LogP contribution in [0.25, 0.3) is 0 Å². The first-order valence-electron chi connectivity index (χ1n) is 6.93. The van der Waals surface area contributed by atoms with Gasteiger partial charge in [-0.3, -0.25) is 4.79 Å². The summed E-state index contributed by atoms with van der Waals surface area (Å²) in [4.78, 5) is 12.0. The van der Waals surface area contributed by atoms with Crippen molar-refractivity contribution in [2.24, 2.45) is 12.1 Å². The van der Waals surface area contributed by atoms with E-state index in [1.165, 1.54) is 5.56 Å². The summed E-state index contributed by atoms with van der Waals surface area (Å²) in [7, 11) is 1.92. The molecule has 0 saturated carbocycles. The lowest BCUT2D eigenvalue weighted by atomic mass is 9.87. The third-order valence-corrected chi connectivity index (χ3v) is 3.36. The highest BCUT2D eigenvalue weighted by atomic mass is 16.2. The van der Waals surface area contributed by atoms with Crippen molar-refractivity contribution >= 4 is 12.1 Å². The summed E-state index contributed by atoms with van der Waals surface area (Å²) in [5.74, 6) is -0.207. The van der Waals surface area contributed by atoms with Crippen molar-refractivity contribution < 1.29 is 4.79 Å². The number of carbonyl (C=O) groups is 1. The minimum atomic E-state index is -0.207. The van der Waals surface area contributed by atoms with Gasteiger partial charge < -0.3 is 4.57 Å². The van der Waals surface area contributed by atoms with E-state index in [0.717, 1.165) is 5.69 Å². The molecule has 0 aliphatic heterocycles. The Bertz CT molecular complexity index is 645. The van der Waals surface area contributed by atoms with Gasteiger partial charge in [0, 0.05) is 18.8 Å². The molecule has 1 aromatic carbocycles. The molecule has 0 bridgehead atoms. The van der Waals surface area contributed by atoms with Gasteiger partial charge in [0.2, 0.25) is 0 Å². The van der Waals surface area contributed by atoms with Crippen molar-refractivity contribution in [3.05, 3.63) is 59.4 Å². The van der Waals surface area contributed by atoms with Gasteiger partial charge >= 0.3 is 0 Å². The zero-order chi connectivity index (χ0) is 15.5. The number of aryl methyl sites for hydroxylation is 1. The predicted molar refractivity (Wildman–Crippen MR) is 85.6 cm³/mol. The molecule has 1 N–H and O–H groups in total. The van der Waals surface area contributed by atoms with Crippen molar-refractivity contribution in [2.45, 2.75) is 26.2 Å². The Hall–Kier alpha value is -2.36. The highest BCUT2D eigenvalue weighted by Crippen LogP contribution is 2.22. The van der Waals surface area contributed by atoms with E-state index in [-0.39, 0.29) is 11.3 Å². The van der Waals surface area contributed by atoms with E-state index in [9.17, 15) is 4.79 Å². The molecule has 1 aromatic heterocycles. The zero-order valence-electron chi connectivity index (χ0n) is 12.9. The third-order valence-electron chi connectivity index (χ3n) is 3.36. The summed E-state index contributed by atoms with van der Waals surface area (Å²) in [6.45, 7) is 6.44. The second kappa shape index (κ2) is 5.95. The first kappa shape index (κ1) is 15.0. The molecule has 2 aromatic rings. The number of hydrogen-bond acceptors (Lipinski definition) is 2. The van der Waals surface area contributed by atoms with Gasteiger partial charge in [0.05, 0.1) is 11.9 Å². The molecule has 0 fully saturated rings. The van der Waals surface area contributed by atoms with Gasteiger partial charge in [-0.05, 0) is 35.2 Å². The Morgan fingerprint density at radius 2 is 1.86 bits per heavy atom. The molecule has 2 rings (SSSR count). The number of aromatic nitrogens is 1. The predicted octanol–water partition coefficient (Wildman–Crippen LogP) is 3.09. The SMILES string of the molecule is Cn1cccc1/C=N/NC(=O)c1ccc(C(C)(C)C)cc1. The maximum atomic E-state index is 12.0. The number of amides is 1. The van der Waals surface area contributed by atoms with Gasteiger partial charge in [-0.15, -0.1) is 0 Å². The number of benzene rings is 1. The number of nitrogens with zero attached hydrogens (tertiary/aromatic N) is 2. The molecule has 4 nitrogen and oxygen atoms in total. The highest BCUT2D eigenvalue weighted by molar-refractivity contribution is 5.94. The molecule has 110 valence electrons. The Morgan fingerprint density at radius 3 is 2.38 bits per heavy atom. The van der Waals surface area contributed by atoms with Gasteiger partial charge in [0.25, 0.3) is 5.91 Å². The molecule has 0 aliphatic carbocycles. The summed E-state index contributed by atoms with van der Waals surface area (Å²) in [6.07, 6.45) is 3.55. The third kappa shape index (κ3) is 3.81. The Kier molecular flexibility index (Phi) is 4.26. The summed E-state index contributed by atoms with van der Waals surface area (Å²) in [5, 5.41) is 3.98. The summed E-state index contributed by atoms with van der Waals surface area (Å²) in [5.41, 5.74) is 5.36. The lowest BCUT2D eigenvalue weighted by molar-refractivity contribution is 0.0955. The van der Waals surface area contributed by atoms with Crippen LogP contribution >= 0.6 is 0 Å². The molecule has 1 amide bonds. The number of rotatable bonds is 3. The van der Waals surface area contributed by atoms with Crippen LogP contribution in [0, 0.1) is 0 Å². The maximum absolute atomic E-state index is 12.0. The fourth-order valence-corrected chi connectivity index (χ4v) is 1.95. The van der Waals surface area contributed by atoms with Crippen molar-refractivity contribution in [1.29, 1.82) is 0 Å². The van der Waals surface area contributed by atoms with Crippen LogP contribution in [0.3, 0.4) is 0 Å². The fourth-order valence-electron chi connectivity index (χ4n) is 1.95. The van der Waals surface area contributed by atoms with E-state index < -0.39 is 0 Å². The van der Waals surface area contributed by atoms with Crippen LogP contribution in [0.15, 0.2) is 47.7 Å². The zero-order valence-corrected chi connectivity index (χ0v) is 12.9. The minimum Gasteiger partial charge on any atom is -0.350 e. The lowest BCUT2D eigenvalue weighted by Gasteiger charge is -2.18. The number of hydrazone groups is 1. The smallest absolute Gasteiger partial charge is 0.271 e. The van der Waals surface area contributed by atoms with Gasteiger partial charge in [-0.1, -0.05) is 32.9 Å². The van der Waals surface area contributed by atoms with Crippen molar-refractivity contribution in [3.8, 4) is 0 Å². The lowest BCUT2D eigenvalue weighted by Crippen LogP contribution is -2.18. The molecular weight excluding hydrogens is 262 g/mol. The van der Waals surface area contributed by atoms with E-state index in [4.69, 9.17) is 0 Å². The maximum Gasteiger partial charge on any atom is 0.271 e. The fraction of sp³-hybridized carbons (Fsp3) is 0.294. The van der Waals surface area contributed by atoms with E-state index in [1.54, 1.807) is 6.21 Å². The largest absolute Gasteiger partial charge is 0.350 e. The molecule has 1 heterocycles. The van der Waals surface area contributed by atoms with Crippen LogP contribution in [0.2, 0.25) is 0 Å². The normalized spacial score (nSPS) is 11.8. The molecule has 0 saturated heterocycles. The van der Waals surface area contributed by atoms with Gasteiger partial charge in [-0.25, -0.2) is 5.43 Å². The van der Waals surface area contributed by atoms with E-state index >= 15 is 0 Å². The van der Waals surface area contributed by atoms with E-state index in [2.05, 4.69) is 31.3 Å². The van der Waals surface area contributed by atoms with Gasteiger partial charge in [-0.2, -0.15) is 5.10 Å². The molecule has 21 heavy (non-hydrogen) atoms. The topological polar surface area (TPSA) is 46.4 Å². The van der Waals surface area contributed by atoms with Crippen LogP contribution in [0.1, 0.15) is 42.4 Å². The van der Waals surface area contributed by atoms with Crippen molar-refractivity contribution in [1.82, 2.24) is 9.99 Å². The van der Waals surface area contributed by atoms with Crippen LogP contribution in [-0.2, 0) is 12.5 Å². The average Bonchev–Trinajstić information content (AvgIpc) is 2.83. The summed E-state index contributed by atoms with van der Waals surface area (Å²) < 4.78 is 1.92. The first-order chi connectivity index (χ1) is 9.88. The Morgan fingerprint density at radius 1 is 1.19 bits per heavy atom. The van der Waals surface area contributed by atoms with Crippen molar-refractivity contribution in [3.63, 3.8) is 0 Å². The summed E-state index contributed by atoms with van der Waals surface area (Å²) in [6, 6.07) is 11.5. The van der Waals surface area contributed by atoms with E-state index in [0.29, 0.717) is 5.56 Å². The monoisotopic (exact) mass is 283 g/mol. The van der Waals surface area contributed by atoms with Gasteiger partial charge in [0.15, 0.2) is 0 Å². The second-order valence-electron chi connectivity index (χ2n) is 6.07. The van der Waals surface area contributed by atoms with Crippen LogP contribution < -0.4 is 5.43 Å². The molecule has 0 spiro atoms. The standard InChI is InChI=1S/C17H21N3O/c1-17(2,3)14-9-7-13(8-10-14)16(21)19-18-12-15-6-5-11-20(15)4/h5-12H,1-4H3,(H,19,21)/b18-12+. The van der Waals surface area contributed by atoms with Crippen LogP contribution in [0.4, 0.5) is 0 Å². The van der Waals surface area contributed by atoms with Crippen molar-refractivity contribution in [2.75, 3.05) is 0 Å². The minimum absolute atomic E-state index is 0.0830. The molecule has 0 aliphatic rings. The Balaban J connectivity index is 2.01. The quantitative estimate of drug-likeness (QED) is 0.683. The van der Waals surface area contributed by atoms with E-state index in [1.807, 2.05) is 54.2 Å². The van der Waals surface area contributed by atoms with Crippen LogP contribution in [-0.4, -0.2) is 16.7 Å². The molecule has 0 radical (unpaired) electrons. The average molecular weight is 283 g/mol. The number of hydrogen-bond donors (Lipinski definition) is 1. The molecular formula is C17H21N3O. The first-order valence-corrected chi connectivity index (χ1v) is 6.93. The number of carbonyl (C=O) groups excluding carboxylic acids is 1. The van der Waals surface area contributed by atoms with Gasteiger partial charge in [0.1, 0.15) is 0 Å².